The van der Waals surface area contributed by atoms with Crippen molar-refractivity contribution in [2.45, 2.75) is 20.1 Å². The molecule has 0 saturated heterocycles. The van der Waals surface area contributed by atoms with Crippen LogP contribution in [0.5, 0.6) is 0 Å². The lowest BCUT2D eigenvalue weighted by molar-refractivity contribution is -0.142. The summed E-state index contributed by atoms with van der Waals surface area (Å²) in [6, 6.07) is 2.54. The van der Waals surface area contributed by atoms with E-state index in [9.17, 15) is 23.2 Å². The molecule has 0 radical (unpaired) electrons. The van der Waals surface area contributed by atoms with E-state index in [0.29, 0.717) is 23.6 Å². The Kier molecular flexibility index (Phi) is 7.35. The molecule has 14 heteroatoms. The van der Waals surface area contributed by atoms with Gasteiger partial charge in [0.25, 0.3) is 11.8 Å². The predicted molar refractivity (Wildman–Crippen MR) is 108 cm³/mol. The van der Waals surface area contributed by atoms with Gasteiger partial charge in [0.05, 0.1) is 22.8 Å². The Hall–Kier alpha value is -3.84. The van der Waals surface area contributed by atoms with Gasteiger partial charge in [-0.3, -0.25) is 14.7 Å². The van der Waals surface area contributed by atoms with Crippen molar-refractivity contribution in [2.24, 2.45) is 0 Å². The van der Waals surface area contributed by atoms with Gasteiger partial charge >= 0.3 is 5.97 Å². The summed E-state index contributed by atoms with van der Waals surface area (Å²) >= 11 is 5.77. The number of H-pyrrole nitrogens is 1. The highest BCUT2D eigenvalue weighted by Crippen LogP contribution is 2.21. The normalized spacial score (nSPS) is 10.8. The molecule has 33 heavy (non-hydrogen) atoms. The van der Waals surface area contributed by atoms with E-state index in [-0.39, 0.29) is 41.1 Å². The van der Waals surface area contributed by atoms with Crippen LogP contribution in [0.15, 0.2) is 22.6 Å². The lowest BCUT2D eigenvalue weighted by Gasteiger charge is -2.05. The van der Waals surface area contributed by atoms with E-state index in [4.69, 9.17) is 25.9 Å². The highest BCUT2D eigenvalue weighted by atomic mass is 35.5. The summed E-state index contributed by atoms with van der Waals surface area (Å²) in [7, 11) is 0. The summed E-state index contributed by atoms with van der Waals surface area (Å²) < 4.78 is 36.9. The lowest BCUT2D eigenvalue weighted by Crippen LogP contribution is -2.23. The van der Waals surface area contributed by atoms with Gasteiger partial charge in [0.15, 0.2) is 17.5 Å². The summed E-state index contributed by atoms with van der Waals surface area (Å²) in [4.78, 5) is 39.1. The van der Waals surface area contributed by atoms with Crippen molar-refractivity contribution < 1.29 is 37.4 Å². The third kappa shape index (κ3) is 6.11. The Morgan fingerprint density at radius 3 is 2.67 bits per heavy atom. The van der Waals surface area contributed by atoms with Gasteiger partial charge < -0.3 is 24.9 Å². The number of amides is 2. The second-order valence-electron chi connectivity index (χ2n) is 6.55. The molecule has 0 aliphatic heterocycles. The number of carboxylic acid groups (broad SMARTS) is 1. The number of hydrogen-bond acceptors (Lipinski definition) is 7. The maximum atomic E-state index is 13.4. The number of hydrogen-bond donors (Lipinski definition) is 4. The summed E-state index contributed by atoms with van der Waals surface area (Å²) in [6.07, 6.45) is 0. The molecule has 0 saturated carbocycles. The van der Waals surface area contributed by atoms with Crippen LogP contribution in [0.1, 0.15) is 38.2 Å². The number of nitrogens with one attached hydrogen (secondary N) is 3. The van der Waals surface area contributed by atoms with E-state index >= 15 is 0 Å². The molecule has 0 unspecified atom stereocenters. The number of ether oxygens (including phenoxy) is 1. The van der Waals surface area contributed by atoms with Crippen LogP contribution in [-0.2, 0) is 22.7 Å². The second kappa shape index (κ2) is 10.2. The number of nitrogens with zero attached hydrogens (tertiary/aromatic N) is 2. The molecular weight excluding hydrogens is 468 g/mol. The van der Waals surface area contributed by atoms with Gasteiger partial charge in [-0.15, -0.1) is 0 Å². The number of oxazole rings is 1. The SMILES string of the molecule is Cc1nc(COCC(=O)O)oc1CNC(=O)c1cc(NC(=O)c2cc(F)c(F)cc2Cl)n[nH]1. The van der Waals surface area contributed by atoms with Gasteiger partial charge in [-0.2, -0.15) is 5.10 Å². The fourth-order valence-electron chi connectivity index (χ4n) is 2.58. The zero-order valence-corrected chi connectivity index (χ0v) is 17.6. The molecule has 0 aliphatic carbocycles. The Morgan fingerprint density at radius 1 is 1.21 bits per heavy atom. The van der Waals surface area contributed by atoms with Crippen LogP contribution in [0.2, 0.25) is 5.02 Å². The van der Waals surface area contributed by atoms with E-state index in [1.165, 1.54) is 6.07 Å². The molecule has 3 aromatic rings. The molecule has 11 nitrogen and oxygen atoms in total. The van der Waals surface area contributed by atoms with E-state index in [1.54, 1.807) is 6.92 Å². The number of carboxylic acids is 1. The molecule has 2 aromatic heterocycles. The van der Waals surface area contributed by atoms with Crippen molar-refractivity contribution in [3.05, 3.63) is 63.5 Å². The minimum atomic E-state index is -1.24. The van der Waals surface area contributed by atoms with E-state index in [1.807, 2.05) is 0 Å². The number of carbonyl (C=O) groups excluding carboxylic acids is 2. The smallest absolute Gasteiger partial charge is 0.329 e. The Morgan fingerprint density at radius 2 is 1.94 bits per heavy atom. The standard InChI is InChI=1S/C19H16ClF2N5O6/c1-8-14(33-16(24-8)6-32-7-17(28)29)5-23-19(31)13-4-15(27-26-13)25-18(30)9-2-11(21)12(22)3-10(9)20/h2-4H,5-7H2,1H3,(H,23,31)(H,28,29)(H2,25,26,27,30). The fourth-order valence-corrected chi connectivity index (χ4v) is 2.81. The molecule has 3 rings (SSSR count). The molecule has 0 aliphatic rings. The summed E-state index contributed by atoms with van der Waals surface area (Å²) in [5.41, 5.74) is 0.155. The van der Waals surface area contributed by atoms with Gasteiger partial charge in [0, 0.05) is 6.07 Å². The topological polar surface area (TPSA) is 159 Å². The molecule has 0 atom stereocenters. The van der Waals surface area contributed by atoms with Crippen LogP contribution in [-0.4, -0.2) is 44.7 Å². The highest BCUT2D eigenvalue weighted by molar-refractivity contribution is 6.34. The maximum absolute atomic E-state index is 13.4. The van der Waals surface area contributed by atoms with E-state index in [0.717, 1.165) is 0 Å². The van der Waals surface area contributed by atoms with Crippen LogP contribution >= 0.6 is 11.6 Å². The third-order valence-corrected chi connectivity index (χ3v) is 4.43. The number of carbonyl (C=O) groups is 3. The minimum Gasteiger partial charge on any atom is -0.480 e. The van der Waals surface area contributed by atoms with E-state index in [2.05, 4.69) is 25.8 Å². The number of aromatic nitrogens is 3. The van der Waals surface area contributed by atoms with Crippen molar-refractivity contribution in [1.82, 2.24) is 20.5 Å². The van der Waals surface area contributed by atoms with Gasteiger partial charge in [0.2, 0.25) is 5.89 Å². The van der Waals surface area contributed by atoms with Gasteiger partial charge in [-0.1, -0.05) is 11.6 Å². The molecule has 4 N–H and O–H groups in total. The molecular formula is C19H16ClF2N5O6. The number of anilines is 1. The summed E-state index contributed by atoms with van der Waals surface area (Å²) in [6.45, 7) is 0.946. The Bertz CT molecular complexity index is 1210. The second-order valence-corrected chi connectivity index (χ2v) is 6.96. The first-order chi connectivity index (χ1) is 15.6. The quantitative estimate of drug-likeness (QED) is 0.337. The van der Waals surface area contributed by atoms with Crippen molar-refractivity contribution >= 4 is 35.2 Å². The average Bonchev–Trinajstić information content (AvgIpc) is 3.35. The monoisotopic (exact) mass is 483 g/mol. The van der Waals surface area contributed by atoms with Crippen molar-refractivity contribution in [3.8, 4) is 0 Å². The first-order valence-electron chi connectivity index (χ1n) is 9.18. The summed E-state index contributed by atoms with van der Waals surface area (Å²) in [5, 5.41) is 19.3. The highest BCUT2D eigenvalue weighted by Gasteiger charge is 2.18. The number of halogens is 3. The van der Waals surface area contributed by atoms with Crippen LogP contribution in [0.3, 0.4) is 0 Å². The molecule has 2 amide bonds. The Balaban J connectivity index is 1.57. The molecule has 2 heterocycles. The molecule has 1 aromatic carbocycles. The maximum Gasteiger partial charge on any atom is 0.329 e. The number of aryl methyl sites for hydroxylation is 1. The Labute approximate surface area is 189 Å². The number of benzene rings is 1. The molecule has 0 spiro atoms. The minimum absolute atomic E-state index is 0.0103. The first-order valence-corrected chi connectivity index (χ1v) is 9.56. The lowest BCUT2D eigenvalue weighted by atomic mass is 10.2. The molecule has 0 fully saturated rings. The number of rotatable bonds is 9. The fraction of sp³-hybridized carbons (Fsp3) is 0.211. The van der Waals surface area contributed by atoms with Gasteiger partial charge in [0.1, 0.15) is 24.7 Å². The van der Waals surface area contributed by atoms with Crippen LogP contribution in [0, 0.1) is 18.6 Å². The van der Waals surface area contributed by atoms with Crippen molar-refractivity contribution in [2.75, 3.05) is 11.9 Å². The number of aliphatic carboxylic acids is 1. The largest absolute Gasteiger partial charge is 0.480 e. The van der Waals surface area contributed by atoms with Crippen LogP contribution in [0.25, 0.3) is 0 Å². The third-order valence-electron chi connectivity index (χ3n) is 4.12. The first kappa shape index (κ1) is 23.8. The van der Waals surface area contributed by atoms with E-state index < -0.39 is 36.0 Å². The predicted octanol–water partition coefficient (Wildman–Crippen LogP) is 2.42. The zero-order valence-electron chi connectivity index (χ0n) is 16.9. The van der Waals surface area contributed by atoms with Crippen molar-refractivity contribution in [3.63, 3.8) is 0 Å². The zero-order chi connectivity index (χ0) is 24.1. The molecule has 174 valence electrons. The van der Waals surface area contributed by atoms with Gasteiger partial charge in [-0.05, 0) is 19.1 Å². The molecule has 0 bridgehead atoms. The van der Waals surface area contributed by atoms with Crippen molar-refractivity contribution in [1.29, 1.82) is 0 Å². The number of aromatic amines is 1. The summed E-state index contributed by atoms with van der Waals surface area (Å²) in [5.74, 6) is -4.59. The van der Waals surface area contributed by atoms with Crippen LogP contribution < -0.4 is 10.6 Å². The average molecular weight is 484 g/mol. The van der Waals surface area contributed by atoms with Gasteiger partial charge in [-0.25, -0.2) is 18.6 Å². The van der Waals surface area contributed by atoms with Crippen LogP contribution in [0.4, 0.5) is 14.6 Å².